The maximum absolute atomic E-state index is 12.0. The number of anilines is 1. The van der Waals surface area contributed by atoms with E-state index in [1.54, 1.807) is 30.5 Å². The van der Waals surface area contributed by atoms with Gasteiger partial charge in [-0.25, -0.2) is 4.98 Å². The van der Waals surface area contributed by atoms with Gasteiger partial charge in [0.2, 0.25) is 5.91 Å². The minimum absolute atomic E-state index is 0.0608. The van der Waals surface area contributed by atoms with Crippen molar-refractivity contribution in [2.45, 2.75) is 18.0 Å². The largest absolute Gasteiger partial charge is 0.508 e. The quantitative estimate of drug-likeness (QED) is 0.745. The molecule has 2 heterocycles. The highest BCUT2D eigenvalue weighted by atomic mass is 32.2. The van der Waals surface area contributed by atoms with Crippen molar-refractivity contribution in [3.63, 3.8) is 0 Å². The molecule has 0 fully saturated rings. The van der Waals surface area contributed by atoms with Gasteiger partial charge in [-0.1, -0.05) is 0 Å². The Morgan fingerprint density at radius 3 is 3.05 bits per heavy atom. The molecule has 0 aliphatic carbocycles. The molecule has 0 radical (unpaired) electrons. The summed E-state index contributed by atoms with van der Waals surface area (Å²) in [5.74, 6) is 2.19. The van der Waals surface area contributed by atoms with E-state index in [0.717, 1.165) is 36.2 Å². The summed E-state index contributed by atoms with van der Waals surface area (Å²) in [5.41, 5.74) is 0. The number of nitrogens with one attached hydrogen (secondary N) is 2. The Kier molecular flexibility index (Phi) is 4.12. The van der Waals surface area contributed by atoms with E-state index in [1.807, 2.05) is 4.57 Å². The Hall–Kier alpha value is -1.99. The molecule has 0 atom stereocenters. The van der Waals surface area contributed by atoms with E-state index in [4.69, 9.17) is 0 Å². The molecule has 1 aliphatic heterocycles. The van der Waals surface area contributed by atoms with Crippen LogP contribution >= 0.6 is 11.8 Å². The molecule has 1 amide bonds. The predicted octanol–water partition coefficient (Wildman–Crippen LogP) is 1.42. The van der Waals surface area contributed by atoms with E-state index in [1.165, 1.54) is 11.8 Å². The smallest absolute Gasteiger partial charge is 0.235 e. The molecule has 3 N–H and O–H groups in total. The first-order chi connectivity index (χ1) is 10.2. The second-order valence-corrected chi connectivity index (χ2v) is 5.77. The summed E-state index contributed by atoms with van der Waals surface area (Å²) in [4.78, 5) is 17.2. The van der Waals surface area contributed by atoms with Crippen molar-refractivity contribution >= 4 is 23.5 Å². The maximum atomic E-state index is 12.0. The molecule has 0 bridgehead atoms. The van der Waals surface area contributed by atoms with Crippen molar-refractivity contribution in [1.82, 2.24) is 14.9 Å². The SMILES string of the molecule is O=C(CSc1ccc(O)cc1)Nc1cnc2n1CCNC2. The first-order valence-electron chi connectivity index (χ1n) is 6.69. The first-order valence-corrected chi connectivity index (χ1v) is 7.68. The first kappa shape index (κ1) is 14.0. The molecule has 1 aromatic heterocycles. The molecule has 6 nitrogen and oxygen atoms in total. The molecular weight excluding hydrogens is 288 g/mol. The van der Waals surface area contributed by atoms with Crippen LogP contribution < -0.4 is 10.6 Å². The Labute approximate surface area is 126 Å². The number of phenolic OH excluding ortho intramolecular Hbond substituents is 1. The van der Waals surface area contributed by atoms with Crippen LogP contribution in [0.3, 0.4) is 0 Å². The third-order valence-electron chi connectivity index (χ3n) is 3.21. The van der Waals surface area contributed by atoms with Crippen molar-refractivity contribution in [1.29, 1.82) is 0 Å². The van der Waals surface area contributed by atoms with Crippen LogP contribution in [0, 0.1) is 0 Å². The van der Waals surface area contributed by atoms with Crippen molar-refractivity contribution in [3.05, 3.63) is 36.3 Å². The Balaban J connectivity index is 1.57. The minimum Gasteiger partial charge on any atom is -0.508 e. The fraction of sp³-hybridized carbons (Fsp3) is 0.286. The average Bonchev–Trinajstić information content (AvgIpc) is 2.90. The number of benzene rings is 1. The number of hydrogen-bond donors (Lipinski definition) is 3. The van der Waals surface area contributed by atoms with E-state index < -0.39 is 0 Å². The third-order valence-corrected chi connectivity index (χ3v) is 4.22. The van der Waals surface area contributed by atoms with Gasteiger partial charge in [-0.3, -0.25) is 4.79 Å². The zero-order valence-electron chi connectivity index (χ0n) is 11.4. The number of carbonyl (C=O) groups is 1. The highest BCUT2D eigenvalue weighted by Gasteiger charge is 2.15. The van der Waals surface area contributed by atoms with Crippen LogP contribution in [0.2, 0.25) is 0 Å². The number of imidazole rings is 1. The summed E-state index contributed by atoms with van der Waals surface area (Å²) in [6.07, 6.45) is 1.70. The number of aromatic nitrogens is 2. The number of thioether (sulfide) groups is 1. The molecule has 0 saturated carbocycles. The van der Waals surface area contributed by atoms with Gasteiger partial charge in [-0.15, -0.1) is 11.8 Å². The fourth-order valence-electron chi connectivity index (χ4n) is 2.17. The summed E-state index contributed by atoms with van der Waals surface area (Å²) < 4.78 is 2.03. The highest BCUT2D eigenvalue weighted by Crippen LogP contribution is 2.21. The number of fused-ring (bicyclic) bond motifs is 1. The number of carbonyl (C=O) groups excluding carboxylic acids is 1. The molecule has 3 rings (SSSR count). The van der Waals surface area contributed by atoms with Crippen molar-refractivity contribution in [2.75, 3.05) is 17.6 Å². The van der Waals surface area contributed by atoms with Crippen LogP contribution in [-0.2, 0) is 17.9 Å². The number of rotatable bonds is 4. The number of aromatic hydroxyl groups is 1. The lowest BCUT2D eigenvalue weighted by atomic mass is 10.3. The number of hydrogen-bond acceptors (Lipinski definition) is 5. The molecule has 1 aromatic carbocycles. The van der Waals surface area contributed by atoms with Gasteiger partial charge in [0.25, 0.3) is 0 Å². The van der Waals surface area contributed by atoms with Crippen molar-refractivity contribution in [2.24, 2.45) is 0 Å². The topological polar surface area (TPSA) is 79.2 Å². The van der Waals surface area contributed by atoms with Crippen molar-refractivity contribution < 1.29 is 9.90 Å². The Morgan fingerprint density at radius 2 is 2.24 bits per heavy atom. The maximum Gasteiger partial charge on any atom is 0.235 e. The second-order valence-electron chi connectivity index (χ2n) is 4.72. The van der Waals surface area contributed by atoms with E-state index in [0.29, 0.717) is 5.75 Å². The molecule has 0 spiro atoms. The number of nitrogens with zero attached hydrogens (tertiary/aromatic N) is 2. The van der Waals surface area contributed by atoms with Crippen LogP contribution in [0.15, 0.2) is 35.4 Å². The van der Waals surface area contributed by atoms with E-state index >= 15 is 0 Å². The normalized spacial score (nSPS) is 13.7. The number of phenols is 1. The minimum atomic E-state index is -0.0608. The van der Waals surface area contributed by atoms with E-state index in [2.05, 4.69) is 15.6 Å². The lowest BCUT2D eigenvalue weighted by Gasteiger charge is -2.17. The van der Waals surface area contributed by atoms with Crippen LogP contribution in [0.1, 0.15) is 5.82 Å². The van der Waals surface area contributed by atoms with Gasteiger partial charge < -0.3 is 20.3 Å². The lowest BCUT2D eigenvalue weighted by Crippen LogP contribution is -2.29. The van der Waals surface area contributed by atoms with Crippen LogP contribution in [0.4, 0.5) is 5.82 Å². The molecule has 110 valence electrons. The summed E-state index contributed by atoms with van der Waals surface area (Å²) in [6, 6.07) is 6.81. The summed E-state index contributed by atoms with van der Waals surface area (Å²) >= 11 is 1.43. The van der Waals surface area contributed by atoms with Gasteiger partial charge >= 0.3 is 0 Å². The van der Waals surface area contributed by atoms with Crippen LogP contribution in [-0.4, -0.2) is 32.9 Å². The van der Waals surface area contributed by atoms with Crippen molar-refractivity contribution in [3.8, 4) is 5.75 Å². The van der Waals surface area contributed by atoms with Gasteiger partial charge in [0, 0.05) is 18.0 Å². The summed E-state index contributed by atoms with van der Waals surface area (Å²) in [5, 5.41) is 15.3. The Morgan fingerprint density at radius 1 is 1.43 bits per heavy atom. The molecule has 7 heteroatoms. The summed E-state index contributed by atoms with van der Waals surface area (Å²) in [7, 11) is 0. The van der Waals surface area contributed by atoms with E-state index in [9.17, 15) is 9.90 Å². The third kappa shape index (κ3) is 3.37. The molecular formula is C14H16N4O2S. The number of amides is 1. The molecule has 2 aromatic rings. The zero-order chi connectivity index (χ0) is 14.7. The molecule has 1 aliphatic rings. The van der Waals surface area contributed by atoms with Gasteiger partial charge in [0.15, 0.2) is 0 Å². The van der Waals surface area contributed by atoms with Gasteiger partial charge in [-0.2, -0.15) is 0 Å². The van der Waals surface area contributed by atoms with Gasteiger partial charge in [0.1, 0.15) is 17.4 Å². The monoisotopic (exact) mass is 304 g/mol. The van der Waals surface area contributed by atoms with Crippen LogP contribution in [0.25, 0.3) is 0 Å². The van der Waals surface area contributed by atoms with Gasteiger partial charge in [0.05, 0.1) is 18.5 Å². The Bertz CT molecular complexity index is 639. The van der Waals surface area contributed by atoms with Gasteiger partial charge in [-0.05, 0) is 24.3 Å². The fourth-order valence-corrected chi connectivity index (χ4v) is 2.86. The average molecular weight is 304 g/mol. The molecule has 21 heavy (non-hydrogen) atoms. The van der Waals surface area contributed by atoms with E-state index in [-0.39, 0.29) is 11.7 Å². The summed E-state index contributed by atoms with van der Waals surface area (Å²) in [6.45, 7) is 2.43. The molecule has 0 unspecified atom stereocenters. The lowest BCUT2D eigenvalue weighted by molar-refractivity contribution is -0.113. The highest BCUT2D eigenvalue weighted by molar-refractivity contribution is 8.00. The second kappa shape index (κ2) is 6.19. The standard InChI is InChI=1S/C14H16N4O2S/c19-10-1-3-11(4-2-10)21-9-14(20)17-13-8-16-12-7-15-5-6-18(12)13/h1-4,8,15,19H,5-7,9H2,(H,17,20). The zero-order valence-corrected chi connectivity index (χ0v) is 12.2. The van der Waals surface area contributed by atoms with Crippen LogP contribution in [0.5, 0.6) is 5.75 Å². The molecule has 0 saturated heterocycles. The predicted molar refractivity (Wildman–Crippen MR) is 81.4 cm³/mol.